The van der Waals surface area contributed by atoms with Crippen molar-refractivity contribution in [2.24, 2.45) is 5.92 Å². The zero-order valence-corrected chi connectivity index (χ0v) is 17.9. The van der Waals surface area contributed by atoms with Crippen molar-refractivity contribution in [1.82, 2.24) is 4.90 Å². The first kappa shape index (κ1) is 19.4. The lowest BCUT2D eigenvalue weighted by Gasteiger charge is -2.39. The third-order valence-electron chi connectivity index (χ3n) is 6.12. The Kier molecular flexibility index (Phi) is 5.34. The number of carbonyl (C=O) groups is 1. The first-order chi connectivity index (χ1) is 14.7. The molecule has 3 atom stereocenters. The van der Waals surface area contributed by atoms with Crippen LogP contribution in [0.25, 0.3) is 6.08 Å². The molecular formula is C24H26N2O3S. The molecule has 5 nitrogen and oxygen atoms in total. The van der Waals surface area contributed by atoms with E-state index in [1.54, 1.807) is 11.8 Å². The molecule has 0 radical (unpaired) electrons. The van der Waals surface area contributed by atoms with Crippen molar-refractivity contribution in [2.75, 3.05) is 12.1 Å². The van der Waals surface area contributed by atoms with Gasteiger partial charge >= 0.3 is 0 Å². The predicted molar refractivity (Wildman–Crippen MR) is 120 cm³/mol. The summed E-state index contributed by atoms with van der Waals surface area (Å²) in [5.41, 5.74) is 1.87. The van der Waals surface area contributed by atoms with Crippen LogP contribution < -0.4 is 14.8 Å². The van der Waals surface area contributed by atoms with Crippen molar-refractivity contribution >= 4 is 29.4 Å². The fraction of sp³-hybridized carbons (Fsp3) is 0.375. The van der Waals surface area contributed by atoms with Crippen LogP contribution in [0.15, 0.2) is 53.4 Å². The quantitative estimate of drug-likeness (QED) is 0.677. The van der Waals surface area contributed by atoms with Crippen molar-refractivity contribution in [2.45, 2.75) is 44.1 Å². The monoisotopic (exact) mass is 422 g/mol. The topological polar surface area (TPSA) is 50.8 Å². The summed E-state index contributed by atoms with van der Waals surface area (Å²) in [6, 6.07) is 16.2. The second-order valence-corrected chi connectivity index (χ2v) is 9.27. The van der Waals surface area contributed by atoms with Crippen LogP contribution in [0.3, 0.4) is 0 Å². The SMILES string of the molecule is C[C@@H]1CCCC[C@@H]1N1C(=O)/C(=C/c2ccc3c(c2)OCO3)SC1Nc1ccccc1. The highest BCUT2D eigenvalue weighted by atomic mass is 32.2. The van der Waals surface area contributed by atoms with Crippen LogP contribution >= 0.6 is 11.8 Å². The highest BCUT2D eigenvalue weighted by Crippen LogP contribution is 2.42. The minimum absolute atomic E-state index is 0.106. The molecule has 2 aliphatic heterocycles. The Morgan fingerprint density at radius 2 is 1.87 bits per heavy atom. The highest BCUT2D eigenvalue weighted by molar-refractivity contribution is 8.05. The first-order valence-electron chi connectivity index (χ1n) is 10.6. The molecule has 2 heterocycles. The third kappa shape index (κ3) is 3.76. The lowest BCUT2D eigenvalue weighted by molar-refractivity contribution is -0.129. The Balaban J connectivity index is 1.45. The first-order valence-corrected chi connectivity index (χ1v) is 11.5. The van der Waals surface area contributed by atoms with Gasteiger partial charge in [0.25, 0.3) is 5.91 Å². The lowest BCUT2D eigenvalue weighted by Crippen LogP contribution is -2.48. The summed E-state index contributed by atoms with van der Waals surface area (Å²) in [7, 11) is 0. The number of carbonyl (C=O) groups excluding carboxylic acids is 1. The van der Waals surface area contributed by atoms with Gasteiger partial charge in [0.15, 0.2) is 17.0 Å². The molecule has 0 bridgehead atoms. The molecule has 1 amide bonds. The predicted octanol–water partition coefficient (Wildman–Crippen LogP) is 5.31. The number of nitrogens with one attached hydrogen (secondary N) is 1. The van der Waals surface area contributed by atoms with Crippen LogP contribution in [0.1, 0.15) is 38.2 Å². The van der Waals surface area contributed by atoms with Gasteiger partial charge in [0.05, 0.1) is 4.91 Å². The molecule has 156 valence electrons. The van der Waals surface area contributed by atoms with Crippen molar-refractivity contribution < 1.29 is 14.3 Å². The van der Waals surface area contributed by atoms with Crippen molar-refractivity contribution in [3.63, 3.8) is 0 Å². The van der Waals surface area contributed by atoms with E-state index < -0.39 is 0 Å². The average molecular weight is 423 g/mol. The van der Waals surface area contributed by atoms with Crippen molar-refractivity contribution in [3.8, 4) is 11.5 Å². The Morgan fingerprint density at radius 3 is 2.70 bits per heavy atom. The van der Waals surface area contributed by atoms with Gasteiger partial charge in [-0.1, -0.05) is 55.8 Å². The van der Waals surface area contributed by atoms with Gasteiger partial charge in [-0.05, 0) is 54.7 Å². The van der Waals surface area contributed by atoms with Crippen LogP contribution in [0.4, 0.5) is 5.69 Å². The molecule has 2 fully saturated rings. The Labute approximate surface area is 181 Å². The lowest BCUT2D eigenvalue weighted by atomic mass is 9.85. The van der Waals surface area contributed by atoms with E-state index in [9.17, 15) is 4.79 Å². The molecule has 1 saturated heterocycles. The van der Waals surface area contributed by atoms with Gasteiger partial charge in [0, 0.05) is 11.7 Å². The van der Waals surface area contributed by atoms with Gasteiger partial charge in [-0.15, -0.1) is 0 Å². The number of nitrogens with zero attached hydrogens (tertiary/aromatic N) is 1. The number of fused-ring (bicyclic) bond motifs is 1. The number of thioether (sulfide) groups is 1. The average Bonchev–Trinajstić information content (AvgIpc) is 3.34. The fourth-order valence-corrected chi connectivity index (χ4v) is 5.73. The molecule has 30 heavy (non-hydrogen) atoms. The molecule has 1 unspecified atom stereocenters. The summed E-state index contributed by atoms with van der Waals surface area (Å²) in [4.78, 5) is 16.4. The van der Waals surface area contributed by atoms with E-state index in [-0.39, 0.29) is 24.2 Å². The fourth-order valence-electron chi connectivity index (χ4n) is 4.52. The zero-order chi connectivity index (χ0) is 20.5. The molecule has 6 heteroatoms. The number of rotatable bonds is 4. The molecular weight excluding hydrogens is 396 g/mol. The molecule has 2 aromatic rings. The van der Waals surface area contributed by atoms with Crippen LogP contribution in [-0.4, -0.2) is 29.1 Å². The summed E-state index contributed by atoms with van der Waals surface area (Å²) in [5, 5.41) is 3.58. The number of benzene rings is 2. The Bertz CT molecular complexity index is 962. The maximum absolute atomic E-state index is 13.5. The standard InChI is InChI=1S/C24H26N2O3S/c1-16-7-5-6-10-19(16)26-23(27)22(30-24(26)25-18-8-3-2-4-9-18)14-17-11-12-20-21(13-17)29-15-28-20/h2-4,8-9,11-14,16,19,24-25H,5-7,10,15H2,1H3/b22-14-/t16-,19+,24?/m1/s1. The number of hydrogen-bond acceptors (Lipinski definition) is 5. The Hall–Kier alpha value is -2.60. The van der Waals surface area contributed by atoms with Crippen LogP contribution in [-0.2, 0) is 4.79 Å². The number of ether oxygens (including phenoxy) is 2. The van der Waals surface area contributed by atoms with E-state index in [4.69, 9.17) is 9.47 Å². The molecule has 2 aromatic carbocycles. The molecule has 1 aliphatic carbocycles. The minimum atomic E-state index is -0.106. The van der Waals surface area contributed by atoms with E-state index in [2.05, 4.69) is 17.1 Å². The number of anilines is 1. The zero-order valence-electron chi connectivity index (χ0n) is 17.0. The smallest absolute Gasteiger partial charge is 0.262 e. The number of para-hydroxylation sites is 1. The normalized spacial score (nSPS) is 27.0. The number of amides is 1. The molecule has 1 N–H and O–H groups in total. The summed E-state index contributed by atoms with van der Waals surface area (Å²) in [6.07, 6.45) is 6.66. The summed E-state index contributed by atoms with van der Waals surface area (Å²) < 4.78 is 10.9. The van der Waals surface area contributed by atoms with Crippen molar-refractivity contribution in [3.05, 3.63) is 59.0 Å². The van der Waals surface area contributed by atoms with Crippen LogP contribution in [0.5, 0.6) is 11.5 Å². The highest BCUT2D eigenvalue weighted by Gasteiger charge is 2.42. The molecule has 0 spiro atoms. The summed E-state index contributed by atoms with van der Waals surface area (Å²) in [6.45, 7) is 2.53. The van der Waals surface area contributed by atoms with Crippen molar-refractivity contribution in [1.29, 1.82) is 0 Å². The second-order valence-electron chi connectivity index (χ2n) is 8.14. The van der Waals surface area contributed by atoms with Gasteiger partial charge in [-0.3, -0.25) is 4.79 Å². The molecule has 1 saturated carbocycles. The minimum Gasteiger partial charge on any atom is -0.454 e. The molecule has 3 aliphatic rings. The van der Waals surface area contributed by atoms with E-state index in [1.165, 1.54) is 19.3 Å². The third-order valence-corrected chi connectivity index (χ3v) is 7.23. The number of hydrogen-bond donors (Lipinski definition) is 1. The maximum atomic E-state index is 13.5. The second kappa shape index (κ2) is 8.26. The van der Waals surface area contributed by atoms with E-state index >= 15 is 0 Å². The van der Waals surface area contributed by atoms with E-state index in [0.29, 0.717) is 5.92 Å². The summed E-state index contributed by atoms with van der Waals surface area (Å²) >= 11 is 1.60. The molecule has 5 rings (SSSR count). The van der Waals surface area contributed by atoms with Gasteiger partial charge < -0.3 is 19.7 Å². The van der Waals surface area contributed by atoms with Gasteiger partial charge in [-0.25, -0.2) is 0 Å². The largest absolute Gasteiger partial charge is 0.454 e. The van der Waals surface area contributed by atoms with E-state index in [0.717, 1.165) is 34.1 Å². The Morgan fingerprint density at radius 1 is 1.07 bits per heavy atom. The van der Waals surface area contributed by atoms with Crippen LogP contribution in [0, 0.1) is 5.92 Å². The maximum Gasteiger partial charge on any atom is 0.262 e. The van der Waals surface area contributed by atoms with Crippen LogP contribution in [0.2, 0.25) is 0 Å². The summed E-state index contributed by atoms with van der Waals surface area (Å²) in [5.74, 6) is 2.11. The van der Waals surface area contributed by atoms with Gasteiger partial charge in [0.1, 0.15) is 0 Å². The van der Waals surface area contributed by atoms with E-state index in [1.807, 2.05) is 54.6 Å². The van der Waals surface area contributed by atoms with Gasteiger partial charge in [0.2, 0.25) is 6.79 Å². The molecule has 0 aromatic heterocycles. The van der Waals surface area contributed by atoms with Gasteiger partial charge in [-0.2, -0.15) is 0 Å².